The van der Waals surface area contributed by atoms with Gasteiger partial charge >= 0.3 is 11.9 Å². The third-order valence-corrected chi connectivity index (χ3v) is 3.76. The second-order valence-corrected chi connectivity index (χ2v) is 5.50. The number of ether oxygens (including phenoxy) is 2. The lowest BCUT2D eigenvalue weighted by atomic mass is 9.96. The Bertz CT molecular complexity index is 575. The van der Waals surface area contributed by atoms with E-state index in [2.05, 4.69) is 20.1 Å². The van der Waals surface area contributed by atoms with E-state index in [-0.39, 0.29) is 11.1 Å². The number of hydrogen-bond donors (Lipinski definition) is 0. The molecule has 0 unspecified atom stereocenters. The Morgan fingerprint density at radius 3 is 2.25 bits per heavy atom. The van der Waals surface area contributed by atoms with Gasteiger partial charge < -0.3 is 9.47 Å². The number of hydrogen-bond acceptors (Lipinski definition) is 4. The zero-order chi connectivity index (χ0) is 17.8. The third kappa shape index (κ3) is 6.03. The molecule has 0 fully saturated rings. The first-order valence-electron chi connectivity index (χ1n) is 8.41. The fraction of sp³-hybridized carbons (Fsp3) is 0.400. The van der Waals surface area contributed by atoms with E-state index >= 15 is 0 Å². The van der Waals surface area contributed by atoms with E-state index in [0.717, 1.165) is 30.9 Å². The Morgan fingerprint density at radius 1 is 0.958 bits per heavy atom. The van der Waals surface area contributed by atoms with Gasteiger partial charge in [0.25, 0.3) is 0 Å². The molecule has 0 aromatic heterocycles. The van der Waals surface area contributed by atoms with Gasteiger partial charge in [-0.1, -0.05) is 64.3 Å². The molecule has 24 heavy (non-hydrogen) atoms. The van der Waals surface area contributed by atoms with Crippen LogP contribution in [-0.2, 0) is 15.9 Å². The molecular formula is C20H26O4. The molecule has 0 heterocycles. The number of carbonyl (C=O) groups is 2. The number of esters is 2. The van der Waals surface area contributed by atoms with Crippen LogP contribution >= 0.6 is 0 Å². The van der Waals surface area contributed by atoms with E-state index < -0.39 is 11.9 Å². The van der Waals surface area contributed by atoms with Gasteiger partial charge in [-0.2, -0.15) is 0 Å². The minimum atomic E-state index is -0.620. The van der Waals surface area contributed by atoms with Gasteiger partial charge in [0.05, 0.1) is 23.7 Å². The predicted octanol–water partition coefficient (Wildman–Crippen LogP) is 5.19. The molecular weight excluding hydrogens is 304 g/mol. The molecule has 1 aromatic rings. The second-order valence-electron chi connectivity index (χ2n) is 5.50. The van der Waals surface area contributed by atoms with E-state index in [4.69, 9.17) is 9.47 Å². The summed E-state index contributed by atoms with van der Waals surface area (Å²) in [6, 6.07) is 5.14. The van der Waals surface area contributed by atoms with Gasteiger partial charge in [0.1, 0.15) is 0 Å². The van der Waals surface area contributed by atoms with Crippen LogP contribution in [0, 0.1) is 0 Å². The highest BCUT2D eigenvalue weighted by Crippen LogP contribution is 2.20. The van der Waals surface area contributed by atoms with Crippen LogP contribution in [-0.4, -0.2) is 11.9 Å². The lowest BCUT2D eigenvalue weighted by molar-refractivity contribution is 0.0618. The van der Waals surface area contributed by atoms with Crippen LogP contribution in [0.5, 0.6) is 0 Å². The van der Waals surface area contributed by atoms with Crippen LogP contribution in [0.1, 0.15) is 71.7 Å². The molecule has 0 aliphatic rings. The quantitative estimate of drug-likeness (QED) is 0.318. The number of carbonyl (C=O) groups excluding carboxylic acids is 2. The summed E-state index contributed by atoms with van der Waals surface area (Å²) >= 11 is 0. The van der Waals surface area contributed by atoms with Crippen molar-refractivity contribution in [1.82, 2.24) is 0 Å². The summed E-state index contributed by atoms with van der Waals surface area (Å²) in [5, 5.41) is 0. The first kappa shape index (κ1) is 19.7. The van der Waals surface area contributed by atoms with Crippen LogP contribution in [0.4, 0.5) is 0 Å². The van der Waals surface area contributed by atoms with Crippen molar-refractivity contribution in [3.63, 3.8) is 0 Å². The van der Waals surface area contributed by atoms with Crippen LogP contribution in [0.2, 0.25) is 0 Å². The molecule has 0 N–H and O–H groups in total. The highest BCUT2D eigenvalue weighted by atomic mass is 16.5. The minimum Gasteiger partial charge on any atom is -0.432 e. The van der Waals surface area contributed by atoms with Crippen LogP contribution in [0.15, 0.2) is 43.9 Å². The van der Waals surface area contributed by atoms with Crippen molar-refractivity contribution in [1.29, 1.82) is 0 Å². The van der Waals surface area contributed by atoms with E-state index in [9.17, 15) is 9.59 Å². The summed E-state index contributed by atoms with van der Waals surface area (Å²) in [6.45, 7) is 8.95. The molecule has 1 aromatic carbocycles. The Hall–Kier alpha value is -2.36. The molecule has 4 heteroatoms. The molecule has 0 saturated carbocycles. The van der Waals surface area contributed by atoms with Gasteiger partial charge in [-0.25, -0.2) is 9.59 Å². The normalized spacial score (nSPS) is 10.0. The van der Waals surface area contributed by atoms with Gasteiger partial charge in [0.2, 0.25) is 0 Å². The maximum atomic E-state index is 12.2. The zero-order valence-corrected chi connectivity index (χ0v) is 14.4. The molecule has 4 nitrogen and oxygen atoms in total. The zero-order valence-electron chi connectivity index (χ0n) is 14.4. The minimum absolute atomic E-state index is 0.185. The summed E-state index contributed by atoms with van der Waals surface area (Å²) in [5.41, 5.74) is 1.22. The molecule has 0 bridgehead atoms. The predicted molar refractivity (Wildman–Crippen MR) is 94.7 cm³/mol. The highest BCUT2D eigenvalue weighted by Gasteiger charge is 2.22. The van der Waals surface area contributed by atoms with Crippen LogP contribution in [0.25, 0.3) is 0 Å². The van der Waals surface area contributed by atoms with Gasteiger partial charge in [0, 0.05) is 0 Å². The molecule has 0 radical (unpaired) electrons. The molecule has 0 spiro atoms. The van der Waals surface area contributed by atoms with E-state index in [1.54, 1.807) is 12.1 Å². The topological polar surface area (TPSA) is 52.6 Å². The molecule has 1 rings (SSSR count). The smallest absolute Gasteiger partial charge is 0.344 e. The Kier molecular flexibility index (Phi) is 9.20. The highest BCUT2D eigenvalue weighted by molar-refractivity contribution is 6.04. The summed E-state index contributed by atoms with van der Waals surface area (Å²) in [7, 11) is 0. The van der Waals surface area contributed by atoms with Crippen LogP contribution < -0.4 is 0 Å². The lowest BCUT2D eigenvalue weighted by Crippen LogP contribution is -2.14. The molecule has 0 aliphatic heterocycles. The first-order chi connectivity index (χ1) is 11.7. The Balaban J connectivity index is 2.91. The first-order valence-corrected chi connectivity index (χ1v) is 8.41. The summed E-state index contributed by atoms with van der Waals surface area (Å²) < 4.78 is 9.70. The van der Waals surface area contributed by atoms with E-state index in [1.807, 2.05) is 6.07 Å². The summed E-state index contributed by atoms with van der Waals surface area (Å²) in [5.74, 6) is -1.21. The average Bonchev–Trinajstić information content (AvgIpc) is 2.58. The SMILES string of the molecule is C=COC(=O)c1cccc(CCCCCCCC)c1C(=O)OC=C. The molecule has 0 atom stereocenters. The largest absolute Gasteiger partial charge is 0.432 e. The summed E-state index contributed by atoms with van der Waals surface area (Å²) in [6.07, 6.45) is 9.74. The van der Waals surface area contributed by atoms with Crippen molar-refractivity contribution < 1.29 is 19.1 Å². The van der Waals surface area contributed by atoms with E-state index in [1.165, 1.54) is 25.7 Å². The molecule has 0 amide bonds. The fourth-order valence-electron chi connectivity index (χ4n) is 2.59. The third-order valence-electron chi connectivity index (χ3n) is 3.76. The maximum absolute atomic E-state index is 12.2. The van der Waals surface area contributed by atoms with Crippen molar-refractivity contribution >= 4 is 11.9 Å². The van der Waals surface area contributed by atoms with Crippen molar-refractivity contribution in [3.8, 4) is 0 Å². The van der Waals surface area contributed by atoms with Crippen molar-refractivity contribution in [3.05, 3.63) is 60.6 Å². The van der Waals surface area contributed by atoms with Gasteiger partial charge in [-0.15, -0.1) is 0 Å². The maximum Gasteiger partial charge on any atom is 0.344 e. The summed E-state index contributed by atoms with van der Waals surface area (Å²) in [4.78, 5) is 24.3. The van der Waals surface area contributed by atoms with Gasteiger partial charge in [-0.3, -0.25) is 0 Å². The van der Waals surface area contributed by atoms with Crippen LogP contribution in [0.3, 0.4) is 0 Å². The van der Waals surface area contributed by atoms with Crippen molar-refractivity contribution in [2.45, 2.75) is 51.9 Å². The standard InChI is InChI=1S/C20H26O4/c1-4-7-8-9-10-11-13-16-14-12-15-17(19(21)23-5-2)18(16)20(22)24-6-3/h5-6,12,14-15H,2-4,7-11,13H2,1H3. The number of aryl methyl sites for hydroxylation is 1. The van der Waals surface area contributed by atoms with Crippen molar-refractivity contribution in [2.24, 2.45) is 0 Å². The van der Waals surface area contributed by atoms with Gasteiger partial charge in [0.15, 0.2) is 0 Å². The van der Waals surface area contributed by atoms with Crippen molar-refractivity contribution in [2.75, 3.05) is 0 Å². The average molecular weight is 330 g/mol. The lowest BCUT2D eigenvalue weighted by Gasteiger charge is -2.12. The number of unbranched alkanes of at least 4 members (excludes halogenated alkanes) is 5. The monoisotopic (exact) mass is 330 g/mol. The van der Waals surface area contributed by atoms with Gasteiger partial charge in [-0.05, 0) is 24.5 Å². The number of rotatable bonds is 11. The molecule has 0 saturated heterocycles. The Labute approximate surface area is 144 Å². The fourth-order valence-corrected chi connectivity index (χ4v) is 2.59. The molecule has 130 valence electrons. The number of benzene rings is 1. The van der Waals surface area contributed by atoms with E-state index in [0.29, 0.717) is 6.42 Å². The Morgan fingerprint density at radius 2 is 1.58 bits per heavy atom. The molecule has 0 aliphatic carbocycles. The second kappa shape index (κ2) is 11.2.